The van der Waals surface area contributed by atoms with Crippen molar-refractivity contribution in [3.05, 3.63) is 29.8 Å². The van der Waals surface area contributed by atoms with E-state index >= 15 is 0 Å². The molecule has 0 saturated carbocycles. The molecule has 1 heterocycles. The lowest BCUT2D eigenvalue weighted by Gasteiger charge is -2.26. The van der Waals surface area contributed by atoms with Crippen LogP contribution in [-0.4, -0.2) is 44.4 Å². The van der Waals surface area contributed by atoms with E-state index in [-0.39, 0.29) is 0 Å². The standard InChI is InChI=1S/C13H17N2O3/c1-17-13(16)14-12-4-2-3-11(9-12)10-15-5-7-18-8-6-15/h3-4,9H,5-8,10H2,1H3,(H,14,16). The van der Waals surface area contributed by atoms with Crippen LogP contribution in [0.25, 0.3) is 0 Å². The maximum absolute atomic E-state index is 11.1. The Morgan fingerprint density at radius 3 is 3.00 bits per heavy atom. The molecule has 2 rings (SSSR count). The van der Waals surface area contributed by atoms with Crippen LogP contribution in [0.2, 0.25) is 0 Å². The maximum atomic E-state index is 11.1. The van der Waals surface area contributed by atoms with Crippen molar-refractivity contribution in [2.75, 3.05) is 38.7 Å². The zero-order valence-corrected chi connectivity index (χ0v) is 10.4. The molecule has 1 radical (unpaired) electrons. The van der Waals surface area contributed by atoms with Gasteiger partial charge in [0.2, 0.25) is 0 Å². The number of morpholine rings is 1. The molecule has 1 aromatic carbocycles. The van der Waals surface area contributed by atoms with E-state index in [0.717, 1.165) is 38.4 Å². The van der Waals surface area contributed by atoms with Crippen molar-refractivity contribution in [3.8, 4) is 0 Å². The molecule has 1 aliphatic heterocycles. The van der Waals surface area contributed by atoms with E-state index in [2.05, 4.69) is 21.0 Å². The summed E-state index contributed by atoms with van der Waals surface area (Å²) in [6.45, 7) is 4.29. The van der Waals surface area contributed by atoms with Crippen LogP contribution in [0.5, 0.6) is 0 Å². The first kappa shape index (κ1) is 12.9. The number of amides is 1. The van der Waals surface area contributed by atoms with Crippen molar-refractivity contribution < 1.29 is 14.3 Å². The smallest absolute Gasteiger partial charge is 0.411 e. The Morgan fingerprint density at radius 2 is 2.28 bits per heavy atom. The summed E-state index contributed by atoms with van der Waals surface area (Å²) in [4.78, 5) is 13.4. The number of nitrogens with zero attached hydrogens (tertiary/aromatic N) is 1. The molecule has 1 fully saturated rings. The van der Waals surface area contributed by atoms with E-state index in [1.807, 2.05) is 12.1 Å². The highest BCUT2D eigenvalue weighted by Crippen LogP contribution is 2.13. The number of hydrogen-bond acceptors (Lipinski definition) is 4. The third-order valence-corrected chi connectivity index (χ3v) is 2.79. The highest BCUT2D eigenvalue weighted by atomic mass is 16.5. The predicted octanol–water partition coefficient (Wildman–Crippen LogP) is 1.50. The number of methoxy groups -OCH3 is 1. The minimum atomic E-state index is -0.466. The summed E-state index contributed by atoms with van der Waals surface area (Å²) < 4.78 is 9.86. The lowest BCUT2D eigenvalue weighted by Crippen LogP contribution is -2.35. The predicted molar refractivity (Wildman–Crippen MR) is 67.4 cm³/mol. The fraction of sp³-hybridized carbons (Fsp3) is 0.462. The second-order valence-corrected chi connectivity index (χ2v) is 4.14. The molecule has 1 aromatic rings. The molecule has 0 aromatic heterocycles. The van der Waals surface area contributed by atoms with Gasteiger partial charge >= 0.3 is 6.09 Å². The van der Waals surface area contributed by atoms with Crippen LogP contribution in [0, 0.1) is 6.07 Å². The van der Waals surface area contributed by atoms with Gasteiger partial charge in [-0.1, -0.05) is 0 Å². The van der Waals surface area contributed by atoms with Gasteiger partial charge < -0.3 is 9.47 Å². The topological polar surface area (TPSA) is 50.8 Å². The lowest BCUT2D eigenvalue weighted by molar-refractivity contribution is 0.0342. The van der Waals surface area contributed by atoms with Gasteiger partial charge in [0, 0.05) is 25.3 Å². The molecule has 1 N–H and O–H groups in total. The molecule has 1 amide bonds. The third-order valence-electron chi connectivity index (χ3n) is 2.79. The van der Waals surface area contributed by atoms with Crippen LogP contribution < -0.4 is 5.32 Å². The van der Waals surface area contributed by atoms with Crippen molar-refractivity contribution in [2.24, 2.45) is 0 Å². The van der Waals surface area contributed by atoms with E-state index in [1.165, 1.54) is 7.11 Å². The van der Waals surface area contributed by atoms with Gasteiger partial charge in [0.05, 0.1) is 20.3 Å². The molecule has 97 valence electrons. The second-order valence-electron chi connectivity index (χ2n) is 4.14. The van der Waals surface area contributed by atoms with Crippen molar-refractivity contribution in [3.63, 3.8) is 0 Å². The molecule has 0 spiro atoms. The number of nitrogens with one attached hydrogen (secondary N) is 1. The van der Waals surface area contributed by atoms with E-state index in [1.54, 1.807) is 6.07 Å². The van der Waals surface area contributed by atoms with Gasteiger partial charge in [-0.15, -0.1) is 0 Å². The van der Waals surface area contributed by atoms with Gasteiger partial charge in [-0.05, 0) is 29.8 Å². The maximum Gasteiger partial charge on any atom is 0.411 e. The van der Waals surface area contributed by atoms with Gasteiger partial charge in [-0.25, -0.2) is 4.79 Å². The fourth-order valence-electron chi connectivity index (χ4n) is 1.87. The first-order valence-corrected chi connectivity index (χ1v) is 5.93. The van der Waals surface area contributed by atoms with Crippen LogP contribution in [0.1, 0.15) is 5.56 Å². The fourth-order valence-corrected chi connectivity index (χ4v) is 1.87. The molecule has 1 aliphatic rings. The zero-order chi connectivity index (χ0) is 12.8. The van der Waals surface area contributed by atoms with Crippen LogP contribution in [0.4, 0.5) is 10.5 Å². The largest absolute Gasteiger partial charge is 0.453 e. The normalized spacial score (nSPS) is 16.3. The van der Waals surface area contributed by atoms with Crippen LogP contribution in [0.15, 0.2) is 18.2 Å². The van der Waals surface area contributed by atoms with Crippen LogP contribution in [-0.2, 0) is 16.0 Å². The van der Waals surface area contributed by atoms with Gasteiger partial charge in [0.1, 0.15) is 0 Å². The van der Waals surface area contributed by atoms with E-state index in [9.17, 15) is 4.79 Å². The summed E-state index contributed by atoms with van der Waals surface area (Å²) in [7, 11) is 1.34. The highest BCUT2D eigenvalue weighted by molar-refractivity contribution is 5.84. The van der Waals surface area contributed by atoms with Crippen LogP contribution in [0.3, 0.4) is 0 Å². The van der Waals surface area contributed by atoms with E-state index < -0.39 is 6.09 Å². The molecule has 18 heavy (non-hydrogen) atoms. The summed E-state index contributed by atoms with van der Waals surface area (Å²) in [5.41, 5.74) is 1.82. The lowest BCUT2D eigenvalue weighted by atomic mass is 10.2. The minimum absolute atomic E-state index is 0.466. The summed E-state index contributed by atoms with van der Waals surface area (Å²) in [5, 5.41) is 2.63. The third kappa shape index (κ3) is 3.72. The molecule has 0 unspecified atom stereocenters. The Kier molecular flexibility index (Phi) is 4.55. The number of rotatable bonds is 3. The number of benzene rings is 1. The summed E-state index contributed by atoms with van der Waals surface area (Å²) in [6.07, 6.45) is -0.466. The quantitative estimate of drug-likeness (QED) is 0.882. The van der Waals surface area contributed by atoms with E-state index in [0.29, 0.717) is 5.69 Å². The Balaban J connectivity index is 1.95. The average Bonchev–Trinajstić information content (AvgIpc) is 2.40. The van der Waals surface area contributed by atoms with Crippen molar-refractivity contribution in [1.29, 1.82) is 0 Å². The Hall–Kier alpha value is -1.59. The average molecular weight is 249 g/mol. The number of ether oxygens (including phenoxy) is 2. The molecular weight excluding hydrogens is 232 g/mol. The van der Waals surface area contributed by atoms with E-state index in [4.69, 9.17) is 4.74 Å². The summed E-state index contributed by atoms with van der Waals surface area (Å²) in [5.74, 6) is 0. The first-order valence-electron chi connectivity index (χ1n) is 5.93. The summed E-state index contributed by atoms with van der Waals surface area (Å²) in [6, 6.07) is 8.60. The van der Waals surface area contributed by atoms with Gasteiger partial charge in [-0.3, -0.25) is 10.2 Å². The number of hydrogen-bond donors (Lipinski definition) is 1. The van der Waals surface area contributed by atoms with Crippen molar-refractivity contribution in [2.45, 2.75) is 6.54 Å². The Bertz CT molecular complexity index is 403. The molecule has 0 atom stereocenters. The molecule has 5 nitrogen and oxygen atoms in total. The van der Waals surface area contributed by atoms with Crippen LogP contribution >= 0.6 is 0 Å². The Labute approximate surface area is 107 Å². The van der Waals surface area contributed by atoms with Crippen molar-refractivity contribution in [1.82, 2.24) is 4.90 Å². The number of anilines is 1. The van der Waals surface area contributed by atoms with Gasteiger partial charge in [-0.2, -0.15) is 0 Å². The highest BCUT2D eigenvalue weighted by Gasteiger charge is 2.11. The SMILES string of the molecule is COC(=O)Nc1c[c]cc(CN2CCOCC2)c1. The number of carbonyl (C=O) groups excluding carboxylic acids is 1. The van der Waals surface area contributed by atoms with Gasteiger partial charge in [0.15, 0.2) is 0 Å². The molecule has 1 saturated heterocycles. The van der Waals surface area contributed by atoms with Gasteiger partial charge in [0.25, 0.3) is 0 Å². The second kappa shape index (κ2) is 6.37. The summed E-state index contributed by atoms with van der Waals surface area (Å²) >= 11 is 0. The first-order chi connectivity index (χ1) is 8.78. The minimum Gasteiger partial charge on any atom is -0.453 e. The molecule has 5 heteroatoms. The molecule has 0 bridgehead atoms. The Morgan fingerprint density at radius 1 is 1.50 bits per heavy atom. The molecule has 0 aliphatic carbocycles. The van der Waals surface area contributed by atoms with Crippen molar-refractivity contribution >= 4 is 11.8 Å². The zero-order valence-electron chi connectivity index (χ0n) is 10.4. The molecular formula is C13H17N2O3. The monoisotopic (exact) mass is 249 g/mol. The number of carbonyl (C=O) groups is 1.